The average Bonchev–Trinajstić information content (AvgIpc) is 2.44. The predicted molar refractivity (Wildman–Crippen MR) is 84.0 cm³/mol. The van der Waals surface area contributed by atoms with Gasteiger partial charge in [0.15, 0.2) is 0 Å². The van der Waals surface area contributed by atoms with Crippen LogP contribution in [-0.2, 0) is 4.79 Å². The second-order valence-electron chi connectivity index (χ2n) is 5.08. The van der Waals surface area contributed by atoms with Gasteiger partial charge in [0, 0.05) is 17.3 Å². The Morgan fingerprint density at radius 1 is 1.10 bits per heavy atom. The molecule has 0 aromatic heterocycles. The molecule has 2 rings (SSSR count). The van der Waals surface area contributed by atoms with Crippen molar-refractivity contribution in [1.82, 2.24) is 0 Å². The van der Waals surface area contributed by atoms with Crippen molar-refractivity contribution in [2.75, 3.05) is 16.4 Å². The minimum absolute atomic E-state index is 0.0614. The first-order valence-corrected chi connectivity index (χ1v) is 6.68. The molecule has 0 spiro atoms. The minimum atomic E-state index is -0.291. The van der Waals surface area contributed by atoms with Crippen molar-refractivity contribution in [2.24, 2.45) is 5.92 Å². The summed E-state index contributed by atoms with van der Waals surface area (Å²) in [6.07, 6.45) is 0. The van der Waals surface area contributed by atoms with Crippen LogP contribution in [0.2, 0.25) is 0 Å². The smallest absolute Gasteiger partial charge is 0.226 e. The Kier molecular flexibility index (Phi) is 4.42. The molecule has 0 aliphatic carbocycles. The normalized spacial score (nSPS) is 10.5. The number of amides is 1. The standard InChI is InChI=1S/C16H18FN3O/c1-10(2)16(21)20-13-7-8-15(14(18)9-13)19-12-5-3-11(17)4-6-12/h3-10,19H,18H2,1-2H3,(H,20,21). The lowest BCUT2D eigenvalue weighted by atomic mass is 10.2. The molecule has 4 nitrogen and oxygen atoms in total. The molecule has 2 aromatic rings. The quantitative estimate of drug-likeness (QED) is 0.750. The largest absolute Gasteiger partial charge is 0.397 e. The number of nitrogens with one attached hydrogen (secondary N) is 2. The lowest BCUT2D eigenvalue weighted by Crippen LogP contribution is -2.17. The molecule has 0 bridgehead atoms. The fourth-order valence-electron chi connectivity index (χ4n) is 1.73. The van der Waals surface area contributed by atoms with E-state index in [2.05, 4.69) is 10.6 Å². The van der Waals surface area contributed by atoms with Gasteiger partial charge in [-0.05, 0) is 42.5 Å². The summed E-state index contributed by atoms with van der Waals surface area (Å²) in [7, 11) is 0. The highest BCUT2D eigenvalue weighted by atomic mass is 19.1. The monoisotopic (exact) mass is 287 g/mol. The number of hydrogen-bond donors (Lipinski definition) is 3. The van der Waals surface area contributed by atoms with Crippen LogP contribution in [0.25, 0.3) is 0 Å². The highest BCUT2D eigenvalue weighted by molar-refractivity contribution is 5.93. The van der Waals surface area contributed by atoms with Gasteiger partial charge >= 0.3 is 0 Å². The van der Waals surface area contributed by atoms with Gasteiger partial charge < -0.3 is 16.4 Å². The third-order valence-corrected chi connectivity index (χ3v) is 2.97. The molecule has 0 aliphatic rings. The van der Waals surface area contributed by atoms with E-state index in [-0.39, 0.29) is 17.6 Å². The Morgan fingerprint density at radius 2 is 1.71 bits per heavy atom. The zero-order valence-corrected chi connectivity index (χ0v) is 12.0. The lowest BCUT2D eigenvalue weighted by molar-refractivity contribution is -0.118. The summed E-state index contributed by atoms with van der Waals surface area (Å²) in [6, 6.07) is 11.2. The van der Waals surface area contributed by atoms with Crippen LogP contribution in [-0.4, -0.2) is 5.91 Å². The number of nitrogens with two attached hydrogens (primary N) is 1. The van der Waals surface area contributed by atoms with Gasteiger partial charge in [-0.3, -0.25) is 4.79 Å². The SMILES string of the molecule is CC(C)C(=O)Nc1ccc(Nc2ccc(F)cc2)c(N)c1. The van der Waals surface area contributed by atoms with Gasteiger partial charge in [0.1, 0.15) is 5.82 Å². The summed E-state index contributed by atoms with van der Waals surface area (Å²) < 4.78 is 12.9. The molecule has 21 heavy (non-hydrogen) atoms. The van der Waals surface area contributed by atoms with E-state index in [9.17, 15) is 9.18 Å². The summed E-state index contributed by atoms with van der Waals surface area (Å²) in [5.74, 6) is -0.447. The average molecular weight is 287 g/mol. The van der Waals surface area contributed by atoms with E-state index in [4.69, 9.17) is 5.73 Å². The molecule has 0 heterocycles. The molecule has 5 heteroatoms. The molecule has 1 amide bonds. The van der Waals surface area contributed by atoms with E-state index >= 15 is 0 Å². The third-order valence-electron chi connectivity index (χ3n) is 2.97. The molecule has 110 valence electrons. The van der Waals surface area contributed by atoms with Crippen molar-refractivity contribution in [1.29, 1.82) is 0 Å². The molecular weight excluding hydrogens is 269 g/mol. The molecule has 0 saturated carbocycles. The summed E-state index contributed by atoms with van der Waals surface area (Å²) >= 11 is 0. The minimum Gasteiger partial charge on any atom is -0.397 e. The van der Waals surface area contributed by atoms with Crippen molar-refractivity contribution >= 4 is 28.7 Å². The van der Waals surface area contributed by atoms with Gasteiger partial charge in [0.05, 0.1) is 11.4 Å². The molecule has 0 atom stereocenters. The third kappa shape index (κ3) is 3.95. The van der Waals surface area contributed by atoms with E-state index < -0.39 is 0 Å². The summed E-state index contributed by atoms with van der Waals surface area (Å²) in [4.78, 5) is 11.6. The molecule has 0 unspecified atom stereocenters. The van der Waals surface area contributed by atoms with Crippen LogP contribution in [0.5, 0.6) is 0 Å². The number of nitrogen functional groups attached to an aromatic ring is 1. The van der Waals surface area contributed by atoms with Gasteiger partial charge in [-0.2, -0.15) is 0 Å². The zero-order chi connectivity index (χ0) is 15.4. The Morgan fingerprint density at radius 3 is 2.29 bits per heavy atom. The molecule has 4 N–H and O–H groups in total. The topological polar surface area (TPSA) is 67.2 Å². The van der Waals surface area contributed by atoms with Crippen molar-refractivity contribution in [3.63, 3.8) is 0 Å². The Hall–Kier alpha value is -2.56. The molecule has 2 aromatic carbocycles. The maximum absolute atomic E-state index is 12.9. The second-order valence-corrected chi connectivity index (χ2v) is 5.08. The maximum atomic E-state index is 12.9. The van der Waals surface area contributed by atoms with E-state index in [1.54, 1.807) is 30.3 Å². The van der Waals surface area contributed by atoms with Gasteiger partial charge in [-0.1, -0.05) is 13.8 Å². The number of rotatable bonds is 4. The van der Waals surface area contributed by atoms with Gasteiger partial charge in [0.25, 0.3) is 0 Å². The number of halogens is 1. The number of hydrogen-bond acceptors (Lipinski definition) is 3. The first kappa shape index (κ1) is 14.8. The van der Waals surface area contributed by atoms with Gasteiger partial charge in [-0.25, -0.2) is 4.39 Å². The summed E-state index contributed by atoms with van der Waals surface area (Å²) in [5.41, 5.74) is 8.55. The highest BCUT2D eigenvalue weighted by Crippen LogP contribution is 2.26. The van der Waals surface area contributed by atoms with Gasteiger partial charge in [0.2, 0.25) is 5.91 Å². The highest BCUT2D eigenvalue weighted by Gasteiger charge is 2.08. The Balaban J connectivity index is 2.12. The van der Waals surface area contributed by atoms with E-state index in [0.717, 1.165) is 5.69 Å². The Bertz CT molecular complexity index is 638. The fraction of sp³-hybridized carbons (Fsp3) is 0.188. The number of benzene rings is 2. The van der Waals surface area contributed by atoms with Crippen LogP contribution in [0, 0.1) is 11.7 Å². The van der Waals surface area contributed by atoms with Gasteiger partial charge in [-0.15, -0.1) is 0 Å². The summed E-state index contributed by atoms with van der Waals surface area (Å²) in [5, 5.41) is 5.88. The van der Waals surface area contributed by atoms with Crippen LogP contribution in [0.4, 0.5) is 27.1 Å². The van der Waals surface area contributed by atoms with Crippen molar-refractivity contribution < 1.29 is 9.18 Å². The molecular formula is C16H18FN3O. The zero-order valence-electron chi connectivity index (χ0n) is 12.0. The van der Waals surface area contributed by atoms with Crippen LogP contribution in [0.15, 0.2) is 42.5 Å². The lowest BCUT2D eigenvalue weighted by Gasteiger charge is -2.12. The summed E-state index contributed by atoms with van der Waals surface area (Å²) in [6.45, 7) is 3.65. The van der Waals surface area contributed by atoms with E-state index in [1.165, 1.54) is 12.1 Å². The molecule has 0 aliphatic heterocycles. The number of carbonyl (C=O) groups excluding carboxylic acids is 1. The van der Waals surface area contributed by atoms with Crippen LogP contribution in [0.1, 0.15) is 13.8 Å². The molecule has 0 saturated heterocycles. The van der Waals surface area contributed by atoms with Crippen molar-refractivity contribution in [2.45, 2.75) is 13.8 Å². The van der Waals surface area contributed by atoms with E-state index in [1.807, 2.05) is 13.8 Å². The molecule has 0 fully saturated rings. The number of anilines is 4. The number of carbonyl (C=O) groups is 1. The second kappa shape index (κ2) is 6.26. The van der Waals surface area contributed by atoms with Crippen LogP contribution >= 0.6 is 0 Å². The van der Waals surface area contributed by atoms with E-state index in [0.29, 0.717) is 17.1 Å². The maximum Gasteiger partial charge on any atom is 0.226 e. The van der Waals surface area contributed by atoms with Crippen LogP contribution < -0.4 is 16.4 Å². The Labute approximate surface area is 123 Å². The fourth-order valence-corrected chi connectivity index (χ4v) is 1.73. The van der Waals surface area contributed by atoms with Crippen molar-refractivity contribution in [3.05, 3.63) is 48.3 Å². The van der Waals surface area contributed by atoms with Crippen molar-refractivity contribution in [3.8, 4) is 0 Å². The van der Waals surface area contributed by atoms with Crippen LogP contribution in [0.3, 0.4) is 0 Å². The molecule has 0 radical (unpaired) electrons. The first-order chi connectivity index (χ1) is 9.95. The predicted octanol–water partition coefficient (Wildman–Crippen LogP) is 3.75. The first-order valence-electron chi connectivity index (χ1n) is 6.68.